The van der Waals surface area contributed by atoms with E-state index in [9.17, 15) is 14.4 Å². The molecule has 1 fully saturated rings. The first kappa shape index (κ1) is 11.3. The summed E-state index contributed by atoms with van der Waals surface area (Å²) in [4.78, 5) is 35.4. The molecule has 1 N–H and O–H groups in total. The molecular weight excluding hydrogens is 220 g/mol. The second kappa shape index (κ2) is 4.37. The Morgan fingerprint density at radius 1 is 1.35 bits per heavy atom. The Morgan fingerprint density at radius 2 is 2.06 bits per heavy atom. The van der Waals surface area contributed by atoms with E-state index in [0.717, 1.165) is 6.29 Å². The lowest BCUT2D eigenvalue weighted by Gasteiger charge is -2.34. The molecule has 0 radical (unpaired) electrons. The number of rotatable bonds is 2. The molecule has 2 amide bonds. The van der Waals surface area contributed by atoms with Crippen LogP contribution >= 0.6 is 0 Å². The number of aldehydes is 1. The van der Waals surface area contributed by atoms with Gasteiger partial charge in [-0.1, -0.05) is 12.1 Å². The van der Waals surface area contributed by atoms with Gasteiger partial charge >= 0.3 is 0 Å². The molecular formula is C12H12N2O3. The standard InChI is InChI=1S/C12H12N2O3/c1-8-12(17)13-11(16)6-14(8)10-5-3-2-4-9(10)7-15/h2-5,7-8H,6H2,1H3,(H,13,16,17). The minimum Gasteiger partial charge on any atom is -0.350 e. The van der Waals surface area contributed by atoms with Crippen molar-refractivity contribution in [2.45, 2.75) is 13.0 Å². The Morgan fingerprint density at radius 3 is 2.76 bits per heavy atom. The van der Waals surface area contributed by atoms with Crippen LogP contribution in [0.5, 0.6) is 0 Å². The van der Waals surface area contributed by atoms with E-state index in [0.29, 0.717) is 11.3 Å². The summed E-state index contributed by atoms with van der Waals surface area (Å²) in [6, 6.07) is 6.43. The third kappa shape index (κ3) is 2.04. The Hall–Kier alpha value is -2.17. The Bertz CT molecular complexity index is 484. The first-order valence-electron chi connectivity index (χ1n) is 5.28. The number of hydrogen-bond donors (Lipinski definition) is 1. The molecule has 5 heteroatoms. The summed E-state index contributed by atoms with van der Waals surface area (Å²) in [5.74, 6) is -0.698. The van der Waals surface area contributed by atoms with Gasteiger partial charge in [0.25, 0.3) is 0 Å². The van der Waals surface area contributed by atoms with E-state index in [-0.39, 0.29) is 18.4 Å². The number of nitrogens with zero attached hydrogens (tertiary/aromatic N) is 1. The van der Waals surface area contributed by atoms with E-state index < -0.39 is 6.04 Å². The molecule has 0 spiro atoms. The van der Waals surface area contributed by atoms with Crippen LogP contribution in [0.25, 0.3) is 0 Å². The lowest BCUT2D eigenvalue weighted by Crippen LogP contribution is -2.57. The van der Waals surface area contributed by atoms with Gasteiger partial charge in [-0.2, -0.15) is 0 Å². The summed E-state index contributed by atoms with van der Waals surface area (Å²) in [5, 5.41) is 2.26. The third-order valence-electron chi connectivity index (χ3n) is 2.80. The molecule has 0 saturated carbocycles. The van der Waals surface area contributed by atoms with Gasteiger partial charge in [0.15, 0.2) is 6.29 Å². The van der Waals surface area contributed by atoms with Crippen LogP contribution < -0.4 is 10.2 Å². The van der Waals surface area contributed by atoms with E-state index in [4.69, 9.17) is 0 Å². The maximum absolute atomic E-state index is 11.5. The first-order valence-corrected chi connectivity index (χ1v) is 5.28. The van der Waals surface area contributed by atoms with Gasteiger partial charge in [-0.3, -0.25) is 19.7 Å². The molecule has 1 unspecified atom stereocenters. The molecule has 1 aromatic carbocycles. The normalized spacial score (nSPS) is 20.1. The molecule has 0 aromatic heterocycles. The van der Waals surface area contributed by atoms with E-state index in [2.05, 4.69) is 5.32 Å². The summed E-state index contributed by atoms with van der Waals surface area (Å²) in [6.45, 7) is 1.78. The van der Waals surface area contributed by atoms with Crippen LogP contribution in [0.4, 0.5) is 5.69 Å². The van der Waals surface area contributed by atoms with Crippen molar-refractivity contribution < 1.29 is 14.4 Å². The average molecular weight is 232 g/mol. The molecule has 5 nitrogen and oxygen atoms in total. The number of carbonyl (C=O) groups excluding carboxylic acids is 3. The number of piperazine rings is 1. The molecule has 88 valence electrons. The molecule has 0 bridgehead atoms. The zero-order chi connectivity index (χ0) is 12.4. The number of hydrogen-bond acceptors (Lipinski definition) is 4. The zero-order valence-corrected chi connectivity index (χ0v) is 9.34. The number of carbonyl (C=O) groups is 3. The summed E-state index contributed by atoms with van der Waals surface area (Å²) < 4.78 is 0. The molecule has 1 aliphatic rings. The van der Waals surface area contributed by atoms with Crippen molar-refractivity contribution in [2.24, 2.45) is 0 Å². The van der Waals surface area contributed by atoms with E-state index in [1.165, 1.54) is 0 Å². The smallest absolute Gasteiger partial charge is 0.249 e. The van der Waals surface area contributed by atoms with Gasteiger partial charge in [0.2, 0.25) is 11.8 Å². The quantitative estimate of drug-likeness (QED) is 0.590. The number of amides is 2. The minimum atomic E-state index is -0.464. The highest BCUT2D eigenvalue weighted by molar-refractivity contribution is 6.05. The van der Waals surface area contributed by atoms with Crippen LogP contribution in [-0.4, -0.2) is 30.7 Å². The molecule has 1 atom stereocenters. The van der Waals surface area contributed by atoms with Gasteiger partial charge in [0.1, 0.15) is 6.04 Å². The number of para-hydroxylation sites is 1. The fourth-order valence-electron chi connectivity index (χ4n) is 1.86. The average Bonchev–Trinajstić information content (AvgIpc) is 2.33. The van der Waals surface area contributed by atoms with Gasteiger partial charge in [0, 0.05) is 11.3 Å². The summed E-state index contributed by atoms with van der Waals surface area (Å²) in [6.07, 6.45) is 0.721. The molecule has 1 aliphatic heterocycles. The minimum absolute atomic E-state index is 0.0811. The van der Waals surface area contributed by atoms with Gasteiger partial charge < -0.3 is 4.90 Å². The predicted molar refractivity (Wildman–Crippen MR) is 61.8 cm³/mol. The van der Waals surface area contributed by atoms with E-state index in [1.54, 1.807) is 36.1 Å². The predicted octanol–water partition coefficient (Wildman–Crippen LogP) is 0.350. The number of imide groups is 1. The van der Waals surface area contributed by atoms with Crippen molar-refractivity contribution in [1.29, 1.82) is 0 Å². The second-order valence-corrected chi connectivity index (χ2v) is 3.89. The Kier molecular flexibility index (Phi) is 2.91. The highest BCUT2D eigenvalue weighted by atomic mass is 16.2. The van der Waals surface area contributed by atoms with Crippen molar-refractivity contribution in [2.75, 3.05) is 11.4 Å². The van der Waals surface area contributed by atoms with Crippen molar-refractivity contribution in [3.8, 4) is 0 Å². The molecule has 0 aliphatic carbocycles. The van der Waals surface area contributed by atoms with Crippen LogP contribution in [0.1, 0.15) is 17.3 Å². The zero-order valence-electron chi connectivity index (χ0n) is 9.34. The van der Waals surface area contributed by atoms with E-state index >= 15 is 0 Å². The molecule has 1 saturated heterocycles. The van der Waals surface area contributed by atoms with Gasteiger partial charge in [-0.25, -0.2) is 0 Å². The van der Waals surface area contributed by atoms with Crippen molar-refractivity contribution in [1.82, 2.24) is 5.32 Å². The topological polar surface area (TPSA) is 66.5 Å². The number of benzene rings is 1. The van der Waals surface area contributed by atoms with Crippen molar-refractivity contribution in [3.63, 3.8) is 0 Å². The SMILES string of the molecule is CC1C(=O)NC(=O)CN1c1ccccc1C=O. The maximum Gasteiger partial charge on any atom is 0.249 e. The van der Waals surface area contributed by atoms with Crippen LogP contribution in [0.15, 0.2) is 24.3 Å². The summed E-state index contributed by atoms with van der Waals surface area (Å²) in [7, 11) is 0. The Labute approximate surface area is 98.4 Å². The molecule has 17 heavy (non-hydrogen) atoms. The van der Waals surface area contributed by atoms with Gasteiger partial charge in [0.05, 0.1) is 6.54 Å². The highest BCUT2D eigenvalue weighted by Gasteiger charge is 2.31. The van der Waals surface area contributed by atoms with Crippen LogP contribution in [0.3, 0.4) is 0 Å². The van der Waals surface area contributed by atoms with Crippen molar-refractivity contribution >= 4 is 23.8 Å². The highest BCUT2D eigenvalue weighted by Crippen LogP contribution is 2.22. The van der Waals surface area contributed by atoms with Gasteiger partial charge in [-0.05, 0) is 19.1 Å². The number of anilines is 1. The first-order chi connectivity index (χ1) is 8.13. The third-order valence-corrected chi connectivity index (χ3v) is 2.80. The van der Waals surface area contributed by atoms with Crippen LogP contribution in [0, 0.1) is 0 Å². The van der Waals surface area contributed by atoms with Gasteiger partial charge in [-0.15, -0.1) is 0 Å². The summed E-state index contributed by atoms with van der Waals surface area (Å²) in [5.41, 5.74) is 1.08. The van der Waals surface area contributed by atoms with Crippen LogP contribution in [-0.2, 0) is 9.59 Å². The maximum atomic E-state index is 11.5. The Balaban J connectivity index is 2.40. The molecule has 1 heterocycles. The van der Waals surface area contributed by atoms with Crippen molar-refractivity contribution in [3.05, 3.63) is 29.8 Å². The fraction of sp³-hybridized carbons (Fsp3) is 0.250. The second-order valence-electron chi connectivity index (χ2n) is 3.89. The molecule has 2 rings (SSSR count). The number of nitrogens with one attached hydrogen (secondary N) is 1. The van der Waals surface area contributed by atoms with E-state index in [1.807, 2.05) is 0 Å². The summed E-state index contributed by atoms with van der Waals surface area (Å²) >= 11 is 0. The largest absolute Gasteiger partial charge is 0.350 e. The lowest BCUT2D eigenvalue weighted by molar-refractivity contribution is -0.132. The fourth-order valence-corrected chi connectivity index (χ4v) is 1.86. The van der Waals surface area contributed by atoms with Crippen LogP contribution in [0.2, 0.25) is 0 Å². The lowest BCUT2D eigenvalue weighted by atomic mass is 10.1. The molecule has 1 aromatic rings. The monoisotopic (exact) mass is 232 g/mol.